The minimum Gasteiger partial charge on any atom is -0.462 e. The minimum atomic E-state index is -0.424. The summed E-state index contributed by atoms with van der Waals surface area (Å²) >= 11 is 0. The summed E-state index contributed by atoms with van der Waals surface area (Å²) in [6.45, 7) is 2.54. The molecule has 1 N–H and O–H groups in total. The van der Waals surface area contributed by atoms with Crippen LogP contribution in [0.15, 0.2) is 66.9 Å². The molecule has 0 bridgehead atoms. The van der Waals surface area contributed by atoms with Gasteiger partial charge in [-0.2, -0.15) is 0 Å². The van der Waals surface area contributed by atoms with Crippen molar-refractivity contribution >= 4 is 28.7 Å². The predicted molar refractivity (Wildman–Crippen MR) is 127 cm³/mol. The van der Waals surface area contributed by atoms with Gasteiger partial charge in [0.1, 0.15) is 17.2 Å². The number of carbonyl (C=O) groups excluding carboxylic acids is 2. The second-order valence-corrected chi connectivity index (χ2v) is 7.79. The molecule has 0 aliphatic heterocycles. The maximum absolute atomic E-state index is 13.3. The molecule has 4 aromatic rings. The molecule has 2 aromatic carbocycles. The zero-order valence-electron chi connectivity index (χ0n) is 18.8. The predicted octanol–water partition coefficient (Wildman–Crippen LogP) is 4.76. The van der Waals surface area contributed by atoms with Gasteiger partial charge in [0, 0.05) is 24.7 Å². The number of halogens is 1. The van der Waals surface area contributed by atoms with Crippen molar-refractivity contribution in [1.29, 1.82) is 0 Å². The Morgan fingerprint density at radius 1 is 1.09 bits per heavy atom. The molecule has 1 amide bonds. The van der Waals surface area contributed by atoms with Gasteiger partial charge in [-0.1, -0.05) is 18.2 Å². The molecule has 7 nitrogen and oxygen atoms in total. The number of anilines is 1. The Balaban J connectivity index is 1.41. The van der Waals surface area contributed by atoms with Gasteiger partial charge < -0.3 is 14.6 Å². The second-order valence-electron chi connectivity index (χ2n) is 7.79. The van der Waals surface area contributed by atoms with Crippen molar-refractivity contribution in [3.63, 3.8) is 0 Å². The maximum atomic E-state index is 13.3. The van der Waals surface area contributed by atoms with Gasteiger partial charge in [-0.3, -0.25) is 4.79 Å². The van der Waals surface area contributed by atoms with E-state index in [1.54, 1.807) is 49.5 Å². The maximum Gasteiger partial charge on any atom is 0.338 e. The summed E-state index contributed by atoms with van der Waals surface area (Å²) in [6, 6.07) is 16.8. The molecule has 34 heavy (non-hydrogen) atoms. The van der Waals surface area contributed by atoms with Crippen LogP contribution in [0.3, 0.4) is 0 Å². The minimum absolute atomic E-state index is 0.152. The van der Waals surface area contributed by atoms with Crippen molar-refractivity contribution in [3.8, 4) is 0 Å². The van der Waals surface area contributed by atoms with E-state index in [1.165, 1.54) is 12.1 Å². The first-order chi connectivity index (χ1) is 16.5. The Morgan fingerprint density at radius 3 is 2.71 bits per heavy atom. The van der Waals surface area contributed by atoms with Crippen LogP contribution in [0.5, 0.6) is 0 Å². The van der Waals surface area contributed by atoms with Crippen LogP contribution in [0, 0.1) is 5.82 Å². The molecule has 2 heterocycles. The Morgan fingerprint density at radius 2 is 1.91 bits per heavy atom. The fourth-order valence-electron chi connectivity index (χ4n) is 3.70. The average Bonchev–Trinajstić information content (AvgIpc) is 3.18. The van der Waals surface area contributed by atoms with Gasteiger partial charge >= 0.3 is 5.97 Å². The van der Waals surface area contributed by atoms with Crippen LogP contribution < -0.4 is 5.32 Å². The molecule has 0 spiro atoms. The van der Waals surface area contributed by atoms with Crippen LogP contribution in [0.4, 0.5) is 10.1 Å². The average molecular weight is 461 g/mol. The molecule has 0 saturated carbocycles. The quantitative estimate of drug-likeness (QED) is 0.364. The first-order valence-corrected chi connectivity index (χ1v) is 11.1. The molecule has 0 fully saturated rings. The number of fused-ring (bicyclic) bond motifs is 1. The number of imidazole rings is 1. The van der Waals surface area contributed by atoms with Crippen LogP contribution in [-0.4, -0.2) is 33.0 Å². The Hall–Kier alpha value is -4.07. The van der Waals surface area contributed by atoms with Crippen LogP contribution in [-0.2, 0) is 22.5 Å². The smallest absolute Gasteiger partial charge is 0.338 e. The zero-order chi connectivity index (χ0) is 23.9. The number of carbonyl (C=O) groups is 2. The summed E-state index contributed by atoms with van der Waals surface area (Å²) in [5, 5.41) is 2.83. The fraction of sp³-hybridized carbons (Fsp3) is 0.231. The highest BCUT2D eigenvalue weighted by atomic mass is 19.1. The number of nitrogens with one attached hydrogen (secondary N) is 1. The van der Waals surface area contributed by atoms with Gasteiger partial charge in [0.15, 0.2) is 5.65 Å². The summed E-state index contributed by atoms with van der Waals surface area (Å²) in [6.07, 6.45) is 3.16. The number of hydrogen-bond donors (Lipinski definition) is 1. The van der Waals surface area contributed by atoms with E-state index >= 15 is 0 Å². The third kappa shape index (κ3) is 5.64. The SMILES string of the molecule is CCOC(=O)c1cccc(NC(=O)CCCc2nc3cccnc3n2Cc2ccc(F)cc2)c1. The summed E-state index contributed by atoms with van der Waals surface area (Å²) in [5.74, 6) is -0.0425. The first-order valence-electron chi connectivity index (χ1n) is 11.1. The molecule has 4 rings (SSSR count). The number of esters is 1. The number of ether oxygens (including phenoxy) is 1. The molecule has 0 unspecified atom stereocenters. The van der Waals surface area contributed by atoms with Crippen molar-refractivity contribution in [2.45, 2.75) is 32.7 Å². The number of aromatic nitrogens is 3. The van der Waals surface area contributed by atoms with Crippen LogP contribution in [0.1, 0.15) is 41.5 Å². The zero-order valence-corrected chi connectivity index (χ0v) is 18.8. The van der Waals surface area contributed by atoms with E-state index in [0.717, 1.165) is 22.6 Å². The van der Waals surface area contributed by atoms with Gasteiger partial charge in [0.25, 0.3) is 0 Å². The molecule has 0 saturated heterocycles. The van der Waals surface area contributed by atoms with E-state index < -0.39 is 5.97 Å². The highest BCUT2D eigenvalue weighted by Gasteiger charge is 2.14. The number of nitrogens with zero attached hydrogens (tertiary/aromatic N) is 3. The van der Waals surface area contributed by atoms with Gasteiger partial charge in [-0.05, 0) is 61.4 Å². The van der Waals surface area contributed by atoms with Gasteiger partial charge in [0.05, 0.1) is 18.7 Å². The summed E-state index contributed by atoms with van der Waals surface area (Å²) < 4.78 is 20.3. The van der Waals surface area contributed by atoms with Crippen molar-refractivity contribution in [2.75, 3.05) is 11.9 Å². The number of pyridine rings is 1. The van der Waals surface area contributed by atoms with Crippen molar-refractivity contribution in [3.05, 3.63) is 89.6 Å². The summed E-state index contributed by atoms with van der Waals surface area (Å²) in [7, 11) is 0. The Bertz CT molecular complexity index is 1300. The van der Waals surface area contributed by atoms with E-state index in [2.05, 4.69) is 10.3 Å². The third-order valence-electron chi connectivity index (χ3n) is 5.30. The summed E-state index contributed by atoms with van der Waals surface area (Å²) in [4.78, 5) is 33.5. The lowest BCUT2D eigenvalue weighted by molar-refractivity contribution is -0.116. The van der Waals surface area contributed by atoms with Crippen LogP contribution >= 0.6 is 0 Å². The Labute approximate surface area is 196 Å². The molecular formula is C26H25FN4O3. The molecule has 8 heteroatoms. The molecule has 0 aliphatic carbocycles. The molecule has 0 aliphatic rings. The molecular weight excluding hydrogens is 435 g/mol. The Kier molecular flexibility index (Phi) is 7.27. The monoisotopic (exact) mass is 460 g/mol. The number of amides is 1. The lowest BCUT2D eigenvalue weighted by atomic mass is 10.1. The lowest BCUT2D eigenvalue weighted by Gasteiger charge is -2.10. The topological polar surface area (TPSA) is 86.1 Å². The van der Waals surface area contributed by atoms with E-state index in [1.807, 2.05) is 16.7 Å². The number of rotatable bonds is 9. The largest absolute Gasteiger partial charge is 0.462 e. The highest BCUT2D eigenvalue weighted by molar-refractivity contribution is 5.94. The normalized spacial score (nSPS) is 10.9. The molecule has 0 atom stereocenters. The number of hydrogen-bond acceptors (Lipinski definition) is 5. The fourth-order valence-corrected chi connectivity index (χ4v) is 3.70. The third-order valence-corrected chi connectivity index (χ3v) is 5.30. The van der Waals surface area contributed by atoms with Crippen molar-refractivity contribution in [2.24, 2.45) is 0 Å². The van der Waals surface area contributed by atoms with Crippen molar-refractivity contribution < 1.29 is 18.7 Å². The molecule has 174 valence electrons. The van der Waals surface area contributed by atoms with E-state index in [0.29, 0.717) is 30.6 Å². The lowest BCUT2D eigenvalue weighted by Crippen LogP contribution is -2.13. The van der Waals surface area contributed by atoms with Crippen molar-refractivity contribution in [1.82, 2.24) is 14.5 Å². The van der Waals surface area contributed by atoms with Gasteiger partial charge in [-0.15, -0.1) is 0 Å². The van der Waals surface area contributed by atoms with Gasteiger partial charge in [0.2, 0.25) is 5.91 Å². The number of aryl methyl sites for hydroxylation is 1. The highest BCUT2D eigenvalue weighted by Crippen LogP contribution is 2.18. The first kappa shape index (κ1) is 23.1. The number of benzene rings is 2. The summed E-state index contributed by atoms with van der Waals surface area (Å²) in [5.41, 5.74) is 3.40. The second kappa shape index (κ2) is 10.7. The van der Waals surface area contributed by atoms with Gasteiger partial charge in [-0.25, -0.2) is 19.2 Å². The molecule has 0 radical (unpaired) electrons. The van der Waals surface area contributed by atoms with Crippen LogP contribution in [0.2, 0.25) is 0 Å². The van der Waals surface area contributed by atoms with E-state index in [-0.39, 0.29) is 24.8 Å². The van der Waals surface area contributed by atoms with Crippen LogP contribution in [0.25, 0.3) is 11.2 Å². The standard InChI is InChI=1S/C26H25FN4O3/c1-2-34-26(33)19-6-3-7-21(16-19)29-24(32)10-4-9-23-30-22-8-5-15-28-25(22)31(23)17-18-11-13-20(27)14-12-18/h3,5-8,11-16H,2,4,9-10,17H2,1H3,(H,29,32). The van der Waals surface area contributed by atoms with E-state index in [4.69, 9.17) is 9.72 Å². The van der Waals surface area contributed by atoms with E-state index in [9.17, 15) is 14.0 Å². The molecule has 2 aromatic heterocycles.